The van der Waals surface area contributed by atoms with Crippen LogP contribution in [0.25, 0.3) is 89.8 Å². The van der Waals surface area contributed by atoms with E-state index in [1.165, 1.54) is 61.2 Å². The van der Waals surface area contributed by atoms with Crippen LogP contribution < -0.4 is 0 Å². The average Bonchev–Trinajstić information content (AvgIpc) is 3.67. The van der Waals surface area contributed by atoms with Gasteiger partial charge in [0.1, 0.15) is 0 Å². The van der Waals surface area contributed by atoms with Gasteiger partial charge >= 0.3 is 0 Å². The van der Waals surface area contributed by atoms with Gasteiger partial charge in [-0.05, 0) is 73.2 Å². The van der Waals surface area contributed by atoms with E-state index < -0.39 is 0 Å². The lowest BCUT2D eigenvalue weighted by Crippen LogP contribution is -2.00. The highest BCUT2D eigenvalue weighted by atomic mass is 15.0. The van der Waals surface area contributed by atoms with Crippen molar-refractivity contribution in [1.29, 1.82) is 0 Å². The summed E-state index contributed by atoms with van der Waals surface area (Å²) in [5.41, 5.74) is 18.0. The van der Waals surface area contributed by atoms with Crippen molar-refractivity contribution in [3.8, 4) is 89.8 Å². The molecule has 0 amide bonds. The quantitative estimate of drug-likeness (QED) is 0.165. The minimum absolute atomic E-state index is 0. The molecule has 0 spiro atoms. The molecule has 3 heteroatoms. The Bertz CT molecular complexity index is 2780. The second-order valence-corrected chi connectivity index (χ2v) is 14.0. The molecule has 56 heavy (non-hydrogen) atoms. The molecule has 10 rings (SSSR count). The Morgan fingerprint density at radius 1 is 0.232 bits per heavy atom. The fraction of sp³-hybridized carbons (Fsp3) is 0.0377. The lowest BCUT2D eigenvalue weighted by atomic mass is 9.94. The van der Waals surface area contributed by atoms with Gasteiger partial charge in [0, 0.05) is 16.7 Å². The predicted octanol–water partition coefficient (Wildman–Crippen LogP) is 13.7. The first kappa shape index (κ1) is 34.5. The SMILES string of the molecule is C.c1ccc(-c2ccc(-c3nc(-c4ccccc4)nc(-c4ccc(-c5cccc6c5Cc5c(-c7ccc(-c8ccccc8)cc7)cccc5-6)cc4)n3)cc2)cc1. The highest BCUT2D eigenvalue weighted by Gasteiger charge is 2.24. The summed E-state index contributed by atoms with van der Waals surface area (Å²) in [5.74, 6) is 1.95. The topological polar surface area (TPSA) is 38.7 Å². The maximum Gasteiger partial charge on any atom is 0.164 e. The van der Waals surface area contributed by atoms with Crippen molar-refractivity contribution in [2.75, 3.05) is 0 Å². The molecule has 1 heterocycles. The number of hydrogen-bond acceptors (Lipinski definition) is 3. The first-order valence-electron chi connectivity index (χ1n) is 18.7. The molecule has 1 aromatic heterocycles. The van der Waals surface area contributed by atoms with Gasteiger partial charge in [-0.3, -0.25) is 0 Å². The lowest BCUT2D eigenvalue weighted by molar-refractivity contribution is 1.07. The van der Waals surface area contributed by atoms with Crippen molar-refractivity contribution in [2.45, 2.75) is 13.8 Å². The van der Waals surface area contributed by atoms with E-state index in [4.69, 9.17) is 15.0 Å². The van der Waals surface area contributed by atoms with E-state index in [2.05, 4.69) is 164 Å². The van der Waals surface area contributed by atoms with E-state index in [0.717, 1.165) is 28.7 Å². The molecule has 8 aromatic carbocycles. The van der Waals surface area contributed by atoms with Gasteiger partial charge in [-0.25, -0.2) is 15.0 Å². The Labute approximate surface area is 328 Å². The van der Waals surface area contributed by atoms with Gasteiger partial charge in [0.05, 0.1) is 0 Å². The third-order valence-electron chi connectivity index (χ3n) is 10.7. The number of nitrogens with zero attached hydrogens (tertiary/aromatic N) is 3. The fourth-order valence-electron chi connectivity index (χ4n) is 7.84. The number of aromatic nitrogens is 3. The van der Waals surface area contributed by atoms with E-state index in [1.807, 2.05) is 36.4 Å². The summed E-state index contributed by atoms with van der Waals surface area (Å²) in [6.07, 6.45) is 0.888. The van der Waals surface area contributed by atoms with Crippen LogP contribution in [-0.4, -0.2) is 15.0 Å². The molecule has 0 N–H and O–H groups in total. The molecule has 0 saturated carbocycles. The molecule has 0 aliphatic heterocycles. The molecule has 266 valence electrons. The molecular formula is C53H39N3. The van der Waals surface area contributed by atoms with Gasteiger partial charge in [0.25, 0.3) is 0 Å². The van der Waals surface area contributed by atoms with Gasteiger partial charge in [-0.15, -0.1) is 0 Å². The summed E-state index contributed by atoms with van der Waals surface area (Å²) in [7, 11) is 0. The second-order valence-electron chi connectivity index (χ2n) is 14.0. The van der Waals surface area contributed by atoms with Crippen molar-refractivity contribution in [1.82, 2.24) is 15.0 Å². The summed E-state index contributed by atoms with van der Waals surface area (Å²) >= 11 is 0. The molecule has 0 atom stereocenters. The molecule has 0 unspecified atom stereocenters. The van der Waals surface area contributed by atoms with E-state index in [1.54, 1.807) is 0 Å². The van der Waals surface area contributed by atoms with Gasteiger partial charge in [0.2, 0.25) is 0 Å². The third kappa shape index (κ3) is 6.50. The van der Waals surface area contributed by atoms with Gasteiger partial charge in [-0.1, -0.05) is 208 Å². The highest BCUT2D eigenvalue weighted by molar-refractivity contribution is 5.90. The van der Waals surface area contributed by atoms with Crippen LogP contribution in [0.4, 0.5) is 0 Å². The van der Waals surface area contributed by atoms with Crippen LogP contribution >= 0.6 is 0 Å². The van der Waals surface area contributed by atoms with Gasteiger partial charge in [-0.2, -0.15) is 0 Å². The van der Waals surface area contributed by atoms with Crippen LogP contribution in [0.15, 0.2) is 200 Å². The minimum Gasteiger partial charge on any atom is -0.208 e. The molecule has 0 fully saturated rings. The van der Waals surface area contributed by atoms with Gasteiger partial charge in [0.15, 0.2) is 17.5 Å². The summed E-state index contributed by atoms with van der Waals surface area (Å²) in [5, 5.41) is 0. The van der Waals surface area contributed by atoms with Crippen molar-refractivity contribution in [3.05, 3.63) is 211 Å². The standard InChI is InChI=1S/C52H35N3.CH4/c1-4-12-35(13-5-1)37-22-26-39(27-23-37)44-18-10-20-46-47-21-11-19-45(49(47)34-48(44)46)40-28-32-43(33-29-40)52-54-50(41-16-8-3-9-17-41)53-51(55-52)42-30-24-38(25-31-42)36-14-6-2-7-15-36;/h1-33H,34H2;1H4. The first-order valence-corrected chi connectivity index (χ1v) is 18.7. The van der Waals surface area contributed by atoms with Crippen LogP contribution in [0.5, 0.6) is 0 Å². The lowest BCUT2D eigenvalue weighted by Gasteiger charge is -2.11. The Morgan fingerprint density at radius 2 is 0.500 bits per heavy atom. The molecule has 0 saturated heterocycles. The van der Waals surface area contributed by atoms with E-state index in [9.17, 15) is 0 Å². The van der Waals surface area contributed by atoms with Crippen LogP contribution in [0.3, 0.4) is 0 Å². The van der Waals surface area contributed by atoms with Crippen molar-refractivity contribution >= 4 is 0 Å². The number of rotatable bonds is 7. The molecule has 9 aromatic rings. The maximum atomic E-state index is 5.03. The van der Waals surface area contributed by atoms with Crippen LogP contribution in [-0.2, 0) is 6.42 Å². The molecule has 3 nitrogen and oxygen atoms in total. The summed E-state index contributed by atoms with van der Waals surface area (Å²) in [4.78, 5) is 15.0. The average molecular weight is 718 g/mol. The van der Waals surface area contributed by atoms with Crippen molar-refractivity contribution in [2.24, 2.45) is 0 Å². The summed E-state index contributed by atoms with van der Waals surface area (Å²) in [6, 6.07) is 70.7. The van der Waals surface area contributed by atoms with Crippen molar-refractivity contribution in [3.63, 3.8) is 0 Å². The van der Waals surface area contributed by atoms with Crippen LogP contribution in [0, 0.1) is 0 Å². The number of fused-ring (bicyclic) bond motifs is 3. The molecule has 1 aliphatic rings. The zero-order chi connectivity index (χ0) is 36.6. The predicted molar refractivity (Wildman–Crippen MR) is 233 cm³/mol. The fourth-order valence-corrected chi connectivity index (χ4v) is 7.84. The first-order chi connectivity index (χ1) is 27.2. The van der Waals surface area contributed by atoms with Gasteiger partial charge < -0.3 is 0 Å². The second kappa shape index (κ2) is 14.9. The Morgan fingerprint density at radius 3 is 0.875 bits per heavy atom. The molecular weight excluding hydrogens is 679 g/mol. The van der Waals surface area contributed by atoms with Crippen LogP contribution in [0.1, 0.15) is 18.6 Å². The van der Waals surface area contributed by atoms with E-state index >= 15 is 0 Å². The molecule has 0 radical (unpaired) electrons. The third-order valence-corrected chi connectivity index (χ3v) is 10.7. The Kier molecular flexibility index (Phi) is 9.18. The Hall–Kier alpha value is -7.23. The maximum absolute atomic E-state index is 5.03. The monoisotopic (exact) mass is 717 g/mol. The summed E-state index contributed by atoms with van der Waals surface area (Å²) in [6.45, 7) is 0. The normalized spacial score (nSPS) is 11.4. The molecule has 1 aliphatic carbocycles. The number of benzene rings is 8. The number of hydrogen-bond donors (Lipinski definition) is 0. The zero-order valence-corrected chi connectivity index (χ0v) is 30.1. The minimum atomic E-state index is 0. The van der Waals surface area contributed by atoms with E-state index in [-0.39, 0.29) is 7.43 Å². The largest absolute Gasteiger partial charge is 0.208 e. The smallest absolute Gasteiger partial charge is 0.164 e. The molecule has 0 bridgehead atoms. The zero-order valence-electron chi connectivity index (χ0n) is 30.1. The highest BCUT2D eigenvalue weighted by Crippen LogP contribution is 2.45. The summed E-state index contributed by atoms with van der Waals surface area (Å²) < 4.78 is 0. The Balaban J connectivity index is 0.00000410. The van der Waals surface area contributed by atoms with Crippen LogP contribution in [0.2, 0.25) is 0 Å². The van der Waals surface area contributed by atoms with Crippen molar-refractivity contribution < 1.29 is 0 Å². The van der Waals surface area contributed by atoms with E-state index in [0.29, 0.717) is 17.5 Å².